The minimum absolute atomic E-state index is 0.0162. The first-order valence-electron chi connectivity index (χ1n) is 4.38. The van der Waals surface area contributed by atoms with Crippen LogP contribution in [-0.2, 0) is 0 Å². The zero-order chi connectivity index (χ0) is 10.6. The Labute approximate surface area is 83.1 Å². The number of phenolic OH excluding ortho intramolecular Hbond substituents is 1. The molecule has 3 N–H and O–H groups in total. The quantitative estimate of drug-likeness (QED) is 0.663. The summed E-state index contributed by atoms with van der Waals surface area (Å²) in [5.74, 6) is 0.719. The van der Waals surface area contributed by atoms with E-state index in [4.69, 9.17) is 9.84 Å². The maximum absolute atomic E-state index is 9.23. The van der Waals surface area contributed by atoms with Gasteiger partial charge in [-0.3, -0.25) is 0 Å². The molecule has 0 bridgehead atoms. The minimum atomic E-state index is -0.175. The Morgan fingerprint density at radius 2 is 2.21 bits per heavy atom. The molecule has 1 aromatic rings. The Morgan fingerprint density at radius 1 is 1.50 bits per heavy atom. The zero-order valence-corrected chi connectivity index (χ0v) is 8.32. The van der Waals surface area contributed by atoms with E-state index in [-0.39, 0.29) is 18.4 Å². The number of ether oxygens (including phenoxy) is 1. The van der Waals surface area contributed by atoms with Crippen molar-refractivity contribution in [1.29, 1.82) is 0 Å². The molecule has 1 atom stereocenters. The van der Waals surface area contributed by atoms with Gasteiger partial charge in [0.25, 0.3) is 0 Å². The molecule has 1 rings (SSSR count). The number of methoxy groups -OCH3 is 1. The second-order valence-corrected chi connectivity index (χ2v) is 2.95. The van der Waals surface area contributed by atoms with E-state index in [1.165, 1.54) is 13.2 Å². The predicted octanol–water partition coefficient (Wildman–Crippen LogP) is 0.654. The minimum Gasteiger partial charge on any atom is -0.508 e. The van der Waals surface area contributed by atoms with Crippen LogP contribution in [0.4, 0.5) is 0 Å². The highest BCUT2D eigenvalue weighted by molar-refractivity contribution is 5.41. The van der Waals surface area contributed by atoms with Gasteiger partial charge in [-0.1, -0.05) is 0 Å². The predicted molar refractivity (Wildman–Crippen MR) is 53.5 cm³/mol. The zero-order valence-electron chi connectivity index (χ0n) is 8.32. The average Bonchev–Trinajstić information content (AvgIpc) is 2.21. The van der Waals surface area contributed by atoms with Crippen LogP contribution in [0, 0.1) is 0 Å². The maximum atomic E-state index is 9.23. The lowest BCUT2D eigenvalue weighted by Gasteiger charge is -2.16. The number of likely N-dealkylation sites (N-methyl/N-ethyl adjacent to an activating group) is 1. The molecule has 0 aliphatic heterocycles. The molecule has 0 heterocycles. The normalized spacial score (nSPS) is 12.5. The summed E-state index contributed by atoms with van der Waals surface area (Å²) in [6.07, 6.45) is 0. The molecule has 0 aliphatic rings. The monoisotopic (exact) mass is 197 g/mol. The number of rotatable bonds is 4. The molecule has 0 radical (unpaired) electrons. The van der Waals surface area contributed by atoms with E-state index < -0.39 is 0 Å². The number of hydrogen-bond donors (Lipinski definition) is 3. The first-order valence-corrected chi connectivity index (χ1v) is 4.38. The van der Waals surface area contributed by atoms with E-state index in [9.17, 15) is 5.11 Å². The van der Waals surface area contributed by atoms with Crippen LogP contribution in [0.5, 0.6) is 11.5 Å². The summed E-state index contributed by atoms with van der Waals surface area (Å²) in [6.45, 7) is -0.0162. The fourth-order valence-corrected chi connectivity index (χ4v) is 1.33. The fourth-order valence-electron chi connectivity index (χ4n) is 1.33. The topological polar surface area (TPSA) is 61.7 Å². The van der Waals surface area contributed by atoms with Gasteiger partial charge in [0.05, 0.1) is 19.8 Å². The summed E-state index contributed by atoms with van der Waals surface area (Å²) in [5, 5.41) is 21.3. The lowest BCUT2D eigenvalue weighted by atomic mass is 10.1. The summed E-state index contributed by atoms with van der Waals surface area (Å²) in [6, 6.07) is 4.64. The van der Waals surface area contributed by atoms with Crippen LogP contribution in [0.15, 0.2) is 18.2 Å². The third kappa shape index (κ3) is 2.16. The van der Waals surface area contributed by atoms with Crippen LogP contribution in [0.2, 0.25) is 0 Å². The Bertz CT molecular complexity index is 297. The molecule has 0 amide bonds. The Hall–Kier alpha value is -1.26. The molecule has 4 heteroatoms. The molecule has 78 valence electrons. The van der Waals surface area contributed by atoms with Crippen molar-refractivity contribution in [3.8, 4) is 11.5 Å². The Kier molecular flexibility index (Phi) is 3.73. The van der Waals surface area contributed by atoms with Crippen LogP contribution < -0.4 is 10.1 Å². The molecule has 0 saturated carbocycles. The van der Waals surface area contributed by atoms with Crippen molar-refractivity contribution >= 4 is 0 Å². The van der Waals surface area contributed by atoms with Crippen molar-refractivity contribution in [2.75, 3.05) is 20.8 Å². The average molecular weight is 197 g/mol. The van der Waals surface area contributed by atoms with E-state index in [2.05, 4.69) is 5.32 Å². The van der Waals surface area contributed by atoms with Gasteiger partial charge in [-0.2, -0.15) is 0 Å². The first-order chi connectivity index (χ1) is 6.72. The Morgan fingerprint density at radius 3 is 2.71 bits per heavy atom. The summed E-state index contributed by atoms with van der Waals surface area (Å²) in [7, 11) is 3.29. The smallest absolute Gasteiger partial charge is 0.127 e. The number of aliphatic hydroxyl groups is 1. The molecule has 14 heavy (non-hydrogen) atoms. The lowest BCUT2D eigenvalue weighted by Crippen LogP contribution is -2.20. The maximum Gasteiger partial charge on any atom is 0.127 e. The van der Waals surface area contributed by atoms with Crippen LogP contribution >= 0.6 is 0 Å². The highest BCUT2D eigenvalue weighted by Crippen LogP contribution is 2.28. The molecule has 0 aliphatic carbocycles. The van der Waals surface area contributed by atoms with Gasteiger partial charge in [0.15, 0.2) is 0 Å². The van der Waals surface area contributed by atoms with Crippen molar-refractivity contribution < 1.29 is 14.9 Å². The molecule has 0 aromatic heterocycles. The number of nitrogens with one attached hydrogen (secondary N) is 1. The lowest BCUT2D eigenvalue weighted by molar-refractivity contribution is 0.247. The fraction of sp³-hybridized carbons (Fsp3) is 0.400. The third-order valence-electron chi connectivity index (χ3n) is 2.12. The highest BCUT2D eigenvalue weighted by atomic mass is 16.5. The van der Waals surface area contributed by atoms with Gasteiger partial charge in [-0.15, -0.1) is 0 Å². The van der Waals surface area contributed by atoms with E-state index in [0.29, 0.717) is 5.75 Å². The SMILES string of the molecule is CN[C@H](CO)c1ccc(O)cc1OC. The number of aromatic hydroxyl groups is 1. The standard InChI is InChI=1S/C10H15NO3/c1-11-9(6-12)8-4-3-7(13)5-10(8)14-2/h3-5,9,11-13H,6H2,1-2H3/t9-/m1/s1. The van der Waals surface area contributed by atoms with Gasteiger partial charge in [0, 0.05) is 11.6 Å². The second kappa shape index (κ2) is 4.83. The van der Waals surface area contributed by atoms with E-state index in [0.717, 1.165) is 5.56 Å². The molecule has 0 fully saturated rings. The van der Waals surface area contributed by atoms with Crippen molar-refractivity contribution in [1.82, 2.24) is 5.32 Å². The van der Waals surface area contributed by atoms with Crippen LogP contribution in [-0.4, -0.2) is 31.0 Å². The summed E-state index contributed by atoms with van der Waals surface area (Å²) in [4.78, 5) is 0. The van der Waals surface area contributed by atoms with Gasteiger partial charge in [0.1, 0.15) is 11.5 Å². The van der Waals surface area contributed by atoms with E-state index in [1.807, 2.05) is 0 Å². The van der Waals surface area contributed by atoms with Gasteiger partial charge in [0.2, 0.25) is 0 Å². The second-order valence-electron chi connectivity index (χ2n) is 2.95. The summed E-state index contributed by atoms with van der Waals surface area (Å²) in [5.41, 5.74) is 0.829. The molecular formula is C10H15NO3. The molecule has 1 aromatic carbocycles. The highest BCUT2D eigenvalue weighted by Gasteiger charge is 2.13. The van der Waals surface area contributed by atoms with Gasteiger partial charge in [-0.05, 0) is 19.2 Å². The number of hydrogen-bond acceptors (Lipinski definition) is 4. The van der Waals surface area contributed by atoms with Gasteiger partial charge in [-0.25, -0.2) is 0 Å². The summed E-state index contributed by atoms with van der Waals surface area (Å²) < 4.78 is 5.10. The van der Waals surface area contributed by atoms with E-state index in [1.54, 1.807) is 19.2 Å². The van der Waals surface area contributed by atoms with Gasteiger partial charge < -0.3 is 20.3 Å². The summed E-state index contributed by atoms with van der Waals surface area (Å²) >= 11 is 0. The molecular weight excluding hydrogens is 182 g/mol. The van der Waals surface area contributed by atoms with Crippen molar-refractivity contribution in [3.63, 3.8) is 0 Å². The molecule has 0 saturated heterocycles. The largest absolute Gasteiger partial charge is 0.508 e. The van der Waals surface area contributed by atoms with Gasteiger partial charge >= 0.3 is 0 Å². The van der Waals surface area contributed by atoms with Crippen molar-refractivity contribution in [3.05, 3.63) is 23.8 Å². The molecule has 0 spiro atoms. The van der Waals surface area contributed by atoms with Crippen molar-refractivity contribution in [2.24, 2.45) is 0 Å². The molecule has 0 unspecified atom stereocenters. The van der Waals surface area contributed by atoms with Crippen LogP contribution in [0.25, 0.3) is 0 Å². The Balaban J connectivity index is 3.06. The first kappa shape index (κ1) is 10.8. The van der Waals surface area contributed by atoms with Crippen LogP contribution in [0.3, 0.4) is 0 Å². The van der Waals surface area contributed by atoms with Crippen LogP contribution in [0.1, 0.15) is 11.6 Å². The number of benzene rings is 1. The third-order valence-corrected chi connectivity index (χ3v) is 2.12. The number of aliphatic hydroxyl groups excluding tert-OH is 1. The number of phenols is 1. The molecule has 4 nitrogen and oxygen atoms in total. The van der Waals surface area contributed by atoms with Crippen molar-refractivity contribution in [2.45, 2.75) is 6.04 Å². The van der Waals surface area contributed by atoms with E-state index >= 15 is 0 Å².